The summed E-state index contributed by atoms with van der Waals surface area (Å²) in [7, 11) is 0. The van der Waals surface area contributed by atoms with Crippen LogP contribution in [0.3, 0.4) is 0 Å². The molecule has 1 heterocycles. The first-order chi connectivity index (χ1) is 7.47. The van der Waals surface area contributed by atoms with Gasteiger partial charge in [-0.05, 0) is 25.2 Å². The molecule has 3 heteroatoms. The van der Waals surface area contributed by atoms with Crippen LogP contribution in [0.2, 0.25) is 0 Å². The molecule has 0 aliphatic carbocycles. The second kappa shape index (κ2) is 5.78. The molecule has 94 valence electrons. The van der Waals surface area contributed by atoms with Crippen molar-refractivity contribution in [2.75, 3.05) is 6.61 Å². The Morgan fingerprint density at radius 2 is 1.81 bits per heavy atom. The fraction of sp³-hybridized carbons (Fsp3) is 0.923. The van der Waals surface area contributed by atoms with Crippen molar-refractivity contribution >= 4 is 5.78 Å². The summed E-state index contributed by atoms with van der Waals surface area (Å²) in [4.78, 5) is 10.9. The van der Waals surface area contributed by atoms with Gasteiger partial charge in [0.1, 0.15) is 6.61 Å². The molecule has 0 aromatic rings. The lowest BCUT2D eigenvalue weighted by Crippen LogP contribution is -2.46. The Morgan fingerprint density at radius 3 is 2.31 bits per heavy atom. The molecule has 1 aliphatic rings. The highest BCUT2D eigenvalue weighted by molar-refractivity contribution is 5.76. The molecule has 5 unspecified atom stereocenters. The molecule has 0 bridgehead atoms. The molecule has 0 radical (unpaired) electrons. The molecule has 0 amide bonds. The van der Waals surface area contributed by atoms with E-state index in [2.05, 4.69) is 27.7 Å². The van der Waals surface area contributed by atoms with Crippen LogP contribution in [0.5, 0.6) is 0 Å². The van der Waals surface area contributed by atoms with Gasteiger partial charge in [-0.25, -0.2) is 0 Å². The van der Waals surface area contributed by atoms with Crippen LogP contribution in [0.15, 0.2) is 0 Å². The first-order valence-electron chi connectivity index (χ1n) is 6.23. The fourth-order valence-electron chi connectivity index (χ4n) is 2.34. The fourth-order valence-corrected chi connectivity index (χ4v) is 2.34. The lowest BCUT2D eigenvalue weighted by Gasteiger charge is -2.43. The summed E-state index contributed by atoms with van der Waals surface area (Å²) in [6.07, 6.45) is 1.03. The normalized spacial score (nSPS) is 39.7. The Labute approximate surface area is 98.5 Å². The highest BCUT2D eigenvalue weighted by atomic mass is 16.7. The molecule has 16 heavy (non-hydrogen) atoms. The topological polar surface area (TPSA) is 35.5 Å². The smallest absolute Gasteiger partial charge is 0.161 e. The van der Waals surface area contributed by atoms with Gasteiger partial charge in [0.25, 0.3) is 0 Å². The van der Waals surface area contributed by atoms with Gasteiger partial charge in [0.2, 0.25) is 0 Å². The molecule has 3 nitrogen and oxygen atoms in total. The SMILES string of the molecule is CCC1OC(OCC(C)=O)C(C)C(C)C1C. The Balaban J connectivity index is 2.60. The third kappa shape index (κ3) is 3.05. The minimum absolute atomic E-state index is 0.0510. The van der Waals surface area contributed by atoms with Gasteiger partial charge in [-0.1, -0.05) is 27.7 Å². The van der Waals surface area contributed by atoms with Crippen LogP contribution in [0.25, 0.3) is 0 Å². The van der Waals surface area contributed by atoms with Crippen molar-refractivity contribution < 1.29 is 14.3 Å². The van der Waals surface area contributed by atoms with Gasteiger partial charge in [0.15, 0.2) is 12.1 Å². The van der Waals surface area contributed by atoms with Crippen molar-refractivity contribution in [2.45, 2.75) is 53.4 Å². The van der Waals surface area contributed by atoms with Crippen molar-refractivity contribution in [3.63, 3.8) is 0 Å². The van der Waals surface area contributed by atoms with Crippen LogP contribution in [-0.4, -0.2) is 24.8 Å². The molecule has 0 aromatic carbocycles. The van der Waals surface area contributed by atoms with E-state index in [1.54, 1.807) is 0 Å². The third-order valence-electron chi connectivity index (χ3n) is 3.84. The number of ether oxygens (including phenoxy) is 2. The summed E-state index contributed by atoms with van der Waals surface area (Å²) in [6.45, 7) is 10.4. The first-order valence-corrected chi connectivity index (χ1v) is 6.23. The van der Waals surface area contributed by atoms with E-state index in [4.69, 9.17) is 9.47 Å². The van der Waals surface area contributed by atoms with Crippen LogP contribution in [0.1, 0.15) is 41.0 Å². The predicted molar refractivity (Wildman–Crippen MR) is 63.1 cm³/mol. The molecule has 1 rings (SSSR count). The molecule has 0 spiro atoms. The summed E-state index contributed by atoms with van der Waals surface area (Å²) in [5.41, 5.74) is 0. The zero-order valence-electron chi connectivity index (χ0n) is 11.0. The summed E-state index contributed by atoms with van der Waals surface area (Å²) in [5.74, 6) is 1.51. The summed E-state index contributed by atoms with van der Waals surface area (Å²) >= 11 is 0. The maximum Gasteiger partial charge on any atom is 0.161 e. The highest BCUT2D eigenvalue weighted by Crippen LogP contribution is 2.36. The second-order valence-electron chi connectivity index (χ2n) is 5.04. The molecule has 1 aliphatic heterocycles. The molecule has 1 saturated heterocycles. The van der Waals surface area contributed by atoms with Crippen LogP contribution in [-0.2, 0) is 14.3 Å². The van der Waals surface area contributed by atoms with E-state index in [1.165, 1.54) is 6.92 Å². The number of ketones is 1. The number of carbonyl (C=O) groups excluding carboxylic acids is 1. The van der Waals surface area contributed by atoms with Gasteiger partial charge in [0, 0.05) is 5.92 Å². The molecule has 0 N–H and O–H groups in total. The lowest BCUT2D eigenvalue weighted by molar-refractivity contribution is -0.246. The van der Waals surface area contributed by atoms with E-state index < -0.39 is 0 Å². The van der Waals surface area contributed by atoms with Gasteiger partial charge < -0.3 is 9.47 Å². The van der Waals surface area contributed by atoms with Gasteiger partial charge in [-0.2, -0.15) is 0 Å². The van der Waals surface area contributed by atoms with E-state index in [9.17, 15) is 4.79 Å². The second-order valence-corrected chi connectivity index (χ2v) is 5.04. The minimum Gasteiger partial charge on any atom is -0.349 e. The highest BCUT2D eigenvalue weighted by Gasteiger charge is 2.38. The Kier molecular flexibility index (Phi) is 4.93. The molecule has 1 fully saturated rings. The van der Waals surface area contributed by atoms with E-state index >= 15 is 0 Å². The largest absolute Gasteiger partial charge is 0.349 e. The molecule has 0 saturated carbocycles. The maximum atomic E-state index is 10.9. The van der Waals surface area contributed by atoms with Crippen molar-refractivity contribution in [2.24, 2.45) is 17.8 Å². The zero-order chi connectivity index (χ0) is 12.3. The lowest BCUT2D eigenvalue weighted by atomic mass is 9.78. The Bertz CT molecular complexity index is 237. The minimum atomic E-state index is -0.222. The van der Waals surface area contributed by atoms with Crippen LogP contribution in [0, 0.1) is 17.8 Å². The average Bonchev–Trinajstić information content (AvgIpc) is 2.25. The summed E-state index contributed by atoms with van der Waals surface area (Å²) in [6, 6.07) is 0. The average molecular weight is 228 g/mol. The number of hydrogen-bond donors (Lipinski definition) is 0. The molecule has 0 aromatic heterocycles. The van der Waals surface area contributed by atoms with E-state index in [-0.39, 0.29) is 24.8 Å². The van der Waals surface area contributed by atoms with Crippen molar-refractivity contribution in [1.29, 1.82) is 0 Å². The van der Waals surface area contributed by atoms with E-state index in [1.807, 2.05) is 0 Å². The zero-order valence-corrected chi connectivity index (χ0v) is 11.0. The number of Topliss-reactive ketones (excluding diaryl/α,β-unsaturated/α-hetero) is 1. The van der Waals surface area contributed by atoms with Gasteiger partial charge >= 0.3 is 0 Å². The number of hydrogen-bond acceptors (Lipinski definition) is 3. The Morgan fingerprint density at radius 1 is 1.19 bits per heavy atom. The first kappa shape index (κ1) is 13.7. The molecular formula is C13H24O3. The van der Waals surface area contributed by atoms with Crippen molar-refractivity contribution in [3.8, 4) is 0 Å². The Hall–Kier alpha value is -0.410. The third-order valence-corrected chi connectivity index (χ3v) is 3.84. The quantitative estimate of drug-likeness (QED) is 0.742. The standard InChI is InChI=1S/C13H24O3/c1-6-12-10(4)9(3)11(5)13(16-12)15-7-8(2)14/h9-13H,6-7H2,1-5H3. The molecule has 5 atom stereocenters. The van der Waals surface area contributed by atoms with E-state index in [0.29, 0.717) is 17.8 Å². The van der Waals surface area contributed by atoms with Gasteiger partial charge in [-0.3, -0.25) is 4.79 Å². The van der Waals surface area contributed by atoms with Crippen molar-refractivity contribution in [1.82, 2.24) is 0 Å². The number of rotatable bonds is 4. The van der Waals surface area contributed by atoms with E-state index in [0.717, 1.165) is 6.42 Å². The van der Waals surface area contributed by atoms with Crippen molar-refractivity contribution in [3.05, 3.63) is 0 Å². The van der Waals surface area contributed by atoms with Crippen LogP contribution >= 0.6 is 0 Å². The van der Waals surface area contributed by atoms with Crippen LogP contribution in [0.4, 0.5) is 0 Å². The monoisotopic (exact) mass is 228 g/mol. The van der Waals surface area contributed by atoms with Crippen LogP contribution < -0.4 is 0 Å². The molecular weight excluding hydrogens is 204 g/mol. The summed E-state index contributed by atoms with van der Waals surface area (Å²) < 4.78 is 11.4. The number of carbonyl (C=O) groups is 1. The van der Waals surface area contributed by atoms with Gasteiger partial charge in [-0.15, -0.1) is 0 Å². The summed E-state index contributed by atoms with van der Waals surface area (Å²) in [5, 5.41) is 0. The maximum absolute atomic E-state index is 10.9. The van der Waals surface area contributed by atoms with Gasteiger partial charge in [0.05, 0.1) is 6.10 Å². The predicted octanol–water partition coefficient (Wildman–Crippen LogP) is 2.64.